The van der Waals surface area contributed by atoms with Crippen molar-refractivity contribution in [3.63, 3.8) is 0 Å². The second-order valence-corrected chi connectivity index (χ2v) is 6.09. The smallest absolute Gasteiger partial charge is 0.412 e. The molecule has 2 N–H and O–H groups in total. The van der Waals surface area contributed by atoms with E-state index in [-0.39, 0.29) is 6.42 Å². The molecule has 0 spiro atoms. The number of methoxy groups -OCH3 is 1. The van der Waals surface area contributed by atoms with Gasteiger partial charge in [-0.05, 0) is 51.0 Å². The SMILES string of the molecule is COc1ccc(NC(=O)OC(C)(C)C)c(CC(C)C(=O)O)c1. The average molecular weight is 309 g/mol. The summed E-state index contributed by atoms with van der Waals surface area (Å²) in [5.74, 6) is -0.875. The summed E-state index contributed by atoms with van der Waals surface area (Å²) in [6, 6.07) is 5.08. The highest BCUT2D eigenvalue weighted by atomic mass is 16.6. The summed E-state index contributed by atoms with van der Waals surface area (Å²) in [4.78, 5) is 22.9. The van der Waals surface area contributed by atoms with Crippen molar-refractivity contribution in [3.8, 4) is 5.75 Å². The molecule has 0 fully saturated rings. The number of ether oxygens (including phenoxy) is 2. The van der Waals surface area contributed by atoms with Gasteiger partial charge >= 0.3 is 12.1 Å². The first-order valence-corrected chi connectivity index (χ1v) is 7.02. The molecule has 22 heavy (non-hydrogen) atoms. The maximum absolute atomic E-state index is 11.9. The highest BCUT2D eigenvalue weighted by molar-refractivity contribution is 5.86. The Morgan fingerprint density at radius 2 is 1.95 bits per heavy atom. The van der Waals surface area contributed by atoms with Gasteiger partial charge in [0.05, 0.1) is 13.0 Å². The van der Waals surface area contributed by atoms with Gasteiger partial charge in [-0.1, -0.05) is 6.92 Å². The van der Waals surface area contributed by atoms with Gasteiger partial charge in [0.2, 0.25) is 0 Å². The summed E-state index contributed by atoms with van der Waals surface area (Å²) in [5.41, 5.74) is 0.591. The van der Waals surface area contributed by atoms with Crippen molar-refractivity contribution >= 4 is 17.7 Å². The summed E-state index contributed by atoms with van der Waals surface area (Å²) in [6.07, 6.45) is -0.306. The molecule has 122 valence electrons. The molecule has 0 aliphatic rings. The number of anilines is 1. The molecule has 1 aromatic carbocycles. The van der Waals surface area contributed by atoms with Crippen molar-refractivity contribution in [2.45, 2.75) is 39.7 Å². The van der Waals surface area contributed by atoms with E-state index >= 15 is 0 Å². The van der Waals surface area contributed by atoms with Crippen LogP contribution in [0.25, 0.3) is 0 Å². The van der Waals surface area contributed by atoms with Gasteiger partial charge in [-0.2, -0.15) is 0 Å². The van der Waals surface area contributed by atoms with E-state index in [0.29, 0.717) is 17.0 Å². The minimum absolute atomic E-state index is 0.275. The van der Waals surface area contributed by atoms with E-state index in [0.717, 1.165) is 0 Å². The van der Waals surface area contributed by atoms with Crippen molar-refractivity contribution in [3.05, 3.63) is 23.8 Å². The first kappa shape index (κ1) is 17.8. The molecule has 1 amide bonds. The number of carboxylic acids is 1. The lowest BCUT2D eigenvalue weighted by Gasteiger charge is -2.21. The summed E-state index contributed by atoms with van der Waals surface area (Å²) in [7, 11) is 1.53. The van der Waals surface area contributed by atoms with Gasteiger partial charge in [0.1, 0.15) is 11.4 Å². The molecule has 1 atom stereocenters. The third-order valence-electron chi connectivity index (χ3n) is 2.90. The van der Waals surface area contributed by atoms with E-state index in [4.69, 9.17) is 14.6 Å². The lowest BCUT2D eigenvalue weighted by molar-refractivity contribution is -0.141. The second kappa shape index (κ2) is 7.15. The minimum atomic E-state index is -0.897. The fraction of sp³-hybridized carbons (Fsp3) is 0.500. The molecule has 0 radical (unpaired) electrons. The van der Waals surface area contributed by atoms with Crippen LogP contribution in [0.5, 0.6) is 5.75 Å². The summed E-state index contributed by atoms with van der Waals surface area (Å²) in [6.45, 7) is 6.93. The largest absolute Gasteiger partial charge is 0.497 e. The zero-order valence-electron chi connectivity index (χ0n) is 13.6. The summed E-state index contributed by atoms with van der Waals surface area (Å²) >= 11 is 0. The Morgan fingerprint density at radius 3 is 2.45 bits per heavy atom. The molecule has 1 unspecified atom stereocenters. The van der Waals surface area contributed by atoms with Gasteiger partial charge in [-0.25, -0.2) is 4.79 Å². The molecule has 6 nitrogen and oxygen atoms in total. The van der Waals surface area contributed by atoms with Gasteiger partial charge in [0.25, 0.3) is 0 Å². The van der Waals surface area contributed by atoms with Crippen molar-refractivity contribution < 1.29 is 24.2 Å². The Bertz CT molecular complexity index is 548. The standard InChI is InChI=1S/C16H23NO5/c1-10(14(18)19)8-11-9-12(21-5)6-7-13(11)17-15(20)22-16(2,3)4/h6-7,9-10H,8H2,1-5H3,(H,17,20)(H,18,19). The maximum atomic E-state index is 11.9. The lowest BCUT2D eigenvalue weighted by atomic mass is 9.99. The van der Waals surface area contributed by atoms with Crippen molar-refractivity contribution in [1.29, 1.82) is 0 Å². The molecule has 1 rings (SSSR count). The average Bonchev–Trinajstić information content (AvgIpc) is 2.38. The van der Waals surface area contributed by atoms with E-state index in [9.17, 15) is 9.59 Å². The number of benzene rings is 1. The number of rotatable bonds is 5. The van der Waals surface area contributed by atoms with Crippen LogP contribution in [0.2, 0.25) is 0 Å². The number of hydrogen-bond donors (Lipinski definition) is 2. The second-order valence-electron chi connectivity index (χ2n) is 6.09. The Morgan fingerprint density at radius 1 is 1.32 bits per heavy atom. The summed E-state index contributed by atoms with van der Waals surface area (Å²) < 4.78 is 10.4. The number of amides is 1. The van der Waals surface area contributed by atoms with Crippen LogP contribution in [-0.4, -0.2) is 29.9 Å². The number of carboxylic acid groups (broad SMARTS) is 1. The van der Waals surface area contributed by atoms with Gasteiger partial charge in [-0.3, -0.25) is 10.1 Å². The number of hydrogen-bond acceptors (Lipinski definition) is 4. The molecule has 0 aromatic heterocycles. The highest BCUT2D eigenvalue weighted by Gasteiger charge is 2.19. The normalized spacial score (nSPS) is 12.4. The first-order chi connectivity index (χ1) is 10.1. The maximum Gasteiger partial charge on any atom is 0.412 e. The van der Waals surface area contributed by atoms with Crippen LogP contribution in [0.1, 0.15) is 33.3 Å². The van der Waals surface area contributed by atoms with Crippen LogP contribution in [0.3, 0.4) is 0 Å². The predicted octanol–water partition coefficient (Wildman–Crippen LogP) is 3.31. The Balaban J connectivity index is 2.97. The third-order valence-corrected chi connectivity index (χ3v) is 2.90. The van der Waals surface area contributed by atoms with Crippen LogP contribution in [0.4, 0.5) is 10.5 Å². The van der Waals surface area contributed by atoms with Gasteiger partial charge in [0, 0.05) is 5.69 Å². The van der Waals surface area contributed by atoms with Crippen LogP contribution >= 0.6 is 0 Å². The van der Waals surface area contributed by atoms with Crippen molar-refractivity contribution in [1.82, 2.24) is 0 Å². The minimum Gasteiger partial charge on any atom is -0.497 e. The van der Waals surface area contributed by atoms with Crippen LogP contribution < -0.4 is 10.1 Å². The molecular weight excluding hydrogens is 286 g/mol. The fourth-order valence-electron chi connectivity index (χ4n) is 1.82. The molecule has 1 aromatic rings. The summed E-state index contributed by atoms with van der Waals surface area (Å²) in [5, 5.41) is 11.7. The fourth-order valence-corrected chi connectivity index (χ4v) is 1.82. The molecular formula is C16H23NO5. The van der Waals surface area contributed by atoms with Crippen molar-refractivity contribution in [2.24, 2.45) is 5.92 Å². The van der Waals surface area contributed by atoms with Gasteiger partial charge in [-0.15, -0.1) is 0 Å². The molecule has 0 heterocycles. The first-order valence-electron chi connectivity index (χ1n) is 7.02. The molecule has 0 aliphatic heterocycles. The number of nitrogens with one attached hydrogen (secondary N) is 1. The van der Waals surface area contributed by atoms with E-state index in [1.54, 1.807) is 45.9 Å². The van der Waals surface area contributed by atoms with Crippen LogP contribution in [-0.2, 0) is 16.0 Å². The van der Waals surface area contributed by atoms with Gasteiger partial charge in [0.15, 0.2) is 0 Å². The molecule has 0 bridgehead atoms. The quantitative estimate of drug-likeness (QED) is 0.871. The van der Waals surface area contributed by atoms with Crippen LogP contribution in [0, 0.1) is 5.92 Å². The monoisotopic (exact) mass is 309 g/mol. The lowest BCUT2D eigenvalue weighted by Crippen LogP contribution is -2.27. The van der Waals surface area contributed by atoms with Gasteiger partial charge < -0.3 is 14.6 Å². The van der Waals surface area contributed by atoms with E-state index < -0.39 is 23.6 Å². The molecule has 0 saturated heterocycles. The van der Waals surface area contributed by atoms with Crippen LogP contribution in [0.15, 0.2) is 18.2 Å². The molecule has 0 saturated carbocycles. The Hall–Kier alpha value is -2.24. The Kier molecular flexibility index (Phi) is 5.79. The van der Waals surface area contributed by atoms with E-state index in [1.807, 2.05) is 0 Å². The Labute approximate surface area is 130 Å². The topological polar surface area (TPSA) is 84.9 Å². The zero-order chi connectivity index (χ0) is 16.9. The number of aliphatic carboxylic acids is 1. The molecule has 0 aliphatic carbocycles. The zero-order valence-corrected chi connectivity index (χ0v) is 13.6. The third kappa shape index (κ3) is 5.63. The number of carbonyl (C=O) groups is 2. The van der Waals surface area contributed by atoms with Crippen molar-refractivity contribution in [2.75, 3.05) is 12.4 Å². The molecule has 6 heteroatoms. The van der Waals surface area contributed by atoms with E-state index in [2.05, 4.69) is 5.32 Å². The van der Waals surface area contributed by atoms with E-state index in [1.165, 1.54) is 7.11 Å². The highest BCUT2D eigenvalue weighted by Crippen LogP contribution is 2.25. The number of carbonyl (C=O) groups excluding carboxylic acids is 1. The predicted molar refractivity (Wildman–Crippen MR) is 83.4 cm³/mol.